The van der Waals surface area contributed by atoms with Gasteiger partial charge in [0.15, 0.2) is 0 Å². The molecular weight excluding hydrogens is 454 g/mol. The minimum absolute atomic E-state index is 0.233. The first-order chi connectivity index (χ1) is 16.2. The Morgan fingerprint density at radius 2 is 1.82 bits per heavy atom. The van der Waals surface area contributed by atoms with Crippen LogP contribution in [0.25, 0.3) is 11.1 Å². The number of halogens is 4. The van der Waals surface area contributed by atoms with Gasteiger partial charge in [-0.2, -0.15) is 18.3 Å². The van der Waals surface area contributed by atoms with Crippen LogP contribution in [-0.2, 0) is 24.4 Å². The molecule has 3 heterocycles. The van der Waals surface area contributed by atoms with Gasteiger partial charge in [0.05, 0.1) is 23.9 Å². The number of carbonyl (C=O) groups excluding carboxylic acids is 1. The normalized spacial score (nSPS) is 11.3. The van der Waals surface area contributed by atoms with Crippen LogP contribution < -0.4 is 10.6 Å². The summed E-state index contributed by atoms with van der Waals surface area (Å²) in [6.45, 7) is 0. The van der Waals surface area contributed by atoms with Crippen molar-refractivity contribution in [3.63, 3.8) is 0 Å². The number of benzene rings is 1. The zero-order valence-corrected chi connectivity index (χ0v) is 17.6. The van der Waals surface area contributed by atoms with Crippen molar-refractivity contribution in [1.82, 2.24) is 24.7 Å². The number of nitrogens with zero attached hydrogens (tertiary/aromatic N) is 5. The fourth-order valence-corrected chi connectivity index (χ4v) is 3.10. The minimum atomic E-state index is -4.56. The van der Waals surface area contributed by atoms with Crippen molar-refractivity contribution in [3.05, 3.63) is 78.3 Å². The third-order valence-corrected chi connectivity index (χ3v) is 4.68. The molecule has 0 bridgehead atoms. The number of anilines is 3. The Hall–Kier alpha value is -4.35. The van der Waals surface area contributed by atoms with Gasteiger partial charge in [-0.05, 0) is 23.8 Å². The Morgan fingerprint density at radius 1 is 1.06 bits per heavy atom. The monoisotopic (exact) mass is 471 g/mol. The molecule has 8 nitrogen and oxygen atoms in total. The van der Waals surface area contributed by atoms with E-state index >= 15 is 0 Å². The molecule has 0 saturated heterocycles. The number of nitrogens with one attached hydrogen (secondary N) is 2. The first-order valence-corrected chi connectivity index (χ1v) is 9.87. The molecule has 0 radical (unpaired) electrons. The highest BCUT2D eigenvalue weighted by Gasteiger charge is 2.30. The lowest BCUT2D eigenvalue weighted by atomic mass is 10.0. The average molecular weight is 471 g/mol. The van der Waals surface area contributed by atoms with Crippen molar-refractivity contribution < 1.29 is 22.4 Å². The molecule has 1 aromatic carbocycles. The maximum absolute atomic E-state index is 14.7. The number of carbonyl (C=O) groups is 1. The number of aromatic nitrogens is 5. The Balaban J connectivity index is 1.41. The number of rotatable bonds is 6. The van der Waals surface area contributed by atoms with E-state index in [0.717, 1.165) is 18.3 Å². The smallest absolute Gasteiger partial charge is 0.321 e. The molecule has 2 N–H and O–H groups in total. The van der Waals surface area contributed by atoms with Crippen LogP contribution in [-0.4, -0.2) is 30.6 Å². The Kier molecular flexibility index (Phi) is 6.21. The summed E-state index contributed by atoms with van der Waals surface area (Å²) in [6, 6.07) is 5.73. The van der Waals surface area contributed by atoms with Gasteiger partial charge in [-0.3, -0.25) is 9.48 Å². The van der Waals surface area contributed by atoms with Crippen molar-refractivity contribution in [3.8, 4) is 11.1 Å². The number of hydrogen-bond acceptors (Lipinski definition) is 6. The number of pyridine rings is 1. The predicted molar refractivity (Wildman–Crippen MR) is 115 cm³/mol. The largest absolute Gasteiger partial charge is 0.416 e. The highest BCUT2D eigenvalue weighted by atomic mass is 19.4. The Labute approximate surface area is 190 Å². The topological polar surface area (TPSA) is 97.6 Å². The van der Waals surface area contributed by atoms with Crippen LogP contribution in [0.15, 0.2) is 61.3 Å². The molecule has 0 aliphatic rings. The average Bonchev–Trinajstić information content (AvgIpc) is 3.18. The van der Waals surface area contributed by atoms with Crippen molar-refractivity contribution in [1.29, 1.82) is 0 Å². The van der Waals surface area contributed by atoms with E-state index in [4.69, 9.17) is 0 Å². The third-order valence-electron chi connectivity index (χ3n) is 4.68. The predicted octanol–water partition coefficient (Wildman–Crippen LogP) is 4.35. The van der Waals surface area contributed by atoms with E-state index in [-0.39, 0.29) is 17.8 Å². The molecule has 12 heteroatoms. The van der Waals surface area contributed by atoms with Crippen molar-refractivity contribution in [2.45, 2.75) is 12.6 Å². The van der Waals surface area contributed by atoms with Crippen LogP contribution >= 0.6 is 0 Å². The highest BCUT2D eigenvalue weighted by molar-refractivity contribution is 5.91. The number of aryl methyl sites for hydroxylation is 1. The fourth-order valence-electron chi connectivity index (χ4n) is 3.10. The van der Waals surface area contributed by atoms with Gasteiger partial charge in [-0.15, -0.1) is 0 Å². The zero-order valence-electron chi connectivity index (χ0n) is 17.6. The highest BCUT2D eigenvalue weighted by Crippen LogP contribution is 2.30. The van der Waals surface area contributed by atoms with Crippen molar-refractivity contribution in [2.75, 3.05) is 10.6 Å². The van der Waals surface area contributed by atoms with Gasteiger partial charge in [0, 0.05) is 43.0 Å². The summed E-state index contributed by atoms with van der Waals surface area (Å²) in [5.74, 6) is -1.16. The molecule has 1 amide bonds. The van der Waals surface area contributed by atoms with Crippen LogP contribution in [0.2, 0.25) is 0 Å². The summed E-state index contributed by atoms with van der Waals surface area (Å²) < 4.78 is 54.7. The van der Waals surface area contributed by atoms with E-state index in [1.807, 2.05) is 0 Å². The first-order valence-electron chi connectivity index (χ1n) is 9.87. The van der Waals surface area contributed by atoms with Crippen LogP contribution in [0, 0.1) is 5.82 Å². The molecule has 4 aromatic rings. The molecule has 0 saturated carbocycles. The third kappa shape index (κ3) is 5.52. The second-order valence-corrected chi connectivity index (χ2v) is 7.29. The number of alkyl halides is 3. The maximum Gasteiger partial charge on any atom is 0.416 e. The van der Waals surface area contributed by atoms with E-state index in [2.05, 4.69) is 30.7 Å². The van der Waals surface area contributed by atoms with E-state index in [1.165, 1.54) is 24.5 Å². The van der Waals surface area contributed by atoms with Crippen molar-refractivity contribution >= 4 is 23.4 Å². The lowest BCUT2D eigenvalue weighted by Crippen LogP contribution is -2.16. The molecule has 34 heavy (non-hydrogen) atoms. The Bertz CT molecular complexity index is 1320. The molecule has 174 valence electrons. The van der Waals surface area contributed by atoms with Crippen LogP contribution in [0.3, 0.4) is 0 Å². The van der Waals surface area contributed by atoms with Gasteiger partial charge < -0.3 is 10.6 Å². The van der Waals surface area contributed by atoms with Crippen molar-refractivity contribution in [2.24, 2.45) is 7.05 Å². The summed E-state index contributed by atoms with van der Waals surface area (Å²) in [5, 5.41) is 9.29. The zero-order chi connectivity index (χ0) is 24.3. The molecule has 0 unspecified atom stereocenters. The van der Waals surface area contributed by atoms with Gasteiger partial charge in [-0.1, -0.05) is 12.1 Å². The lowest BCUT2D eigenvalue weighted by Gasteiger charge is -2.10. The summed E-state index contributed by atoms with van der Waals surface area (Å²) in [7, 11) is 1.77. The van der Waals surface area contributed by atoms with Gasteiger partial charge in [0.1, 0.15) is 11.6 Å². The van der Waals surface area contributed by atoms with E-state index in [1.54, 1.807) is 30.2 Å². The van der Waals surface area contributed by atoms with E-state index in [0.29, 0.717) is 22.8 Å². The standard InChI is InChI=1S/C22H17F4N7O/c1-33-12-16(11-30-33)31-21-28-9-14(10-29-21)17-3-2-13(6-18(17)23)7-20(34)32-19-8-15(4-5-27-19)22(24,25)26/h2-6,8-12H,7H2,1H3,(H,27,32,34)(H,28,29,31). The molecule has 0 atom stereocenters. The summed E-state index contributed by atoms with van der Waals surface area (Å²) in [6.07, 6.45) is 2.40. The molecule has 0 spiro atoms. The maximum atomic E-state index is 14.7. The molecule has 0 aliphatic heterocycles. The van der Waals surface area contributed by atoms with E-state index in [9.17, 15) is 22.4 Å². The first kappa shape index (κ1) is 22.8. The van der Waals surface area contributed by atoms with Gasteiger partial charge in [0.2, 0.25) is 11.9 Å². The molecule has 0 fully saturated rings. The second-order valence-electron chi connectivity index (χ2n) is 7.29. The summed E-state index contributed by atoms with van der Waals surface area (Å²) >= 11 is 0. The fraction of sp³-hybridized carbons (Fsp3) is 0.136. The van der Waals surface area contributed by atoms with Gasteiger partial charge >= 0.3 is 6.18 Å². The lowest BCUT2D eigenvalue weighted by molar-refractivity contribution is -0.137. The second kappa shape index (κ2) is 9.25. The minimum Gasteiger partial charge on any atom is -0.321 e. The molecule has 4 rings (SSSR count). The summed E-state index contributed by atoms with van der Waals surface area (Å²) in [4.78, 5) is 24.3. The number of amides is 1. The van der Waals surface area contributed by atoms with Crippen LogP contribution in [0.5, 0.6) is 0 Å². The number of hydrogen-bond donors (Lipinski definition) is 2. The van der Waals surface area contributed by atoms with Crippen LogP contribution in [0.4, 0.5) is 35.0 Å². The Morgan fingerprint density at radius 3 is 2.47 bits per heavy atom. The quantitative estimate of drug-likeness (QED) is 0.406. The molecule has 0 aliphatic carbocycles. The summed E-state index contributed by atoms with van der Waals surface area (Å²) in [5.41, 5.74) is 0.762. The molecule has 3 aromatic heterocycles. The SMILES string of the molecule is Cn1cc(Nc2ncc(-c3ccc(CC(=O)Nc4cc(C(F)(F)F)ccn4)cc3F)cn2)cn1. The van der Waals surface area contributed by atoms with Gasteiger partial charge in [-0.25, -0.2) is 19.3 Å². The van der Waals surface area contributed by atoms with Crippen LogP contribution in [0.1, 0.15) is 11.1 Å². The van der Waals surface area contributed by atoms with Gasteiger partial charge in [0.25, 0.3) is 0 Å². The molecular formula is C22H17F4N7O. The van der Waals surface area contributed by atoms with E-state index < -0.39 is 23.5 Å².